The van der Waals surface area contributed by atoms with E-state index in [0.717, 1.165) is 44.8 Å². The molecule has 6 heteroatoms. The molecule has 1 aliphatic rings. The topological polar surface area (TPSA) is 58.6 Å². The minimum atomic E-state index is -3.42. The molecule has 1 aromatic rings. The Balaban J connectivity index is 1.83. The molecule has 0 radical (unpaired) electrons. The Kier molecular flexibility index (Phi) is 6.19. The number of hydrogen-bond donors (Lipinski definition) is 1. The lowest BCUT2D eigenvalue weighted by Gasteiger charge is -2.26. The van der Waals surface area contributed by atoms with Crippen LogP contribution in [0.5, 0.6) is 0 Å². The smallest absolute Gasteiger partial charge is 0.240 e. The first-order valence-electron chi connectivity index (χ1n) is 8.19. The lowest BCUT2D eigenvalue weighted by Crippen LogP contribution is -2.38. The lowest BCUT2D eigenvalue weighted by molar-refractivity contribution is 0.0376. The Morgan fingerprint density at radius 3 is 2.30 bits per heavy atom. The predicted molar refractivity (Wildman–Crippen MR) is 92.2 cm³/mol. The largest absolute Gasteiger partial charge is 0.379 e. The standard InChI is InChI=1S/C17H28N2O3S/c1-17(2,3)15-5-7-16(8-6-15)23(20,21)18-9-4-10-19-11-13-22-14-12-19/h5-8,18H,4,9-14H2,1-3H3. The summed E-state index contributed by atoms with van der Waals surface area (Å²) in [5.74, 6) is 0. The van der Waals surface area contributed by atoms with Crippen molar-refractivity contribution in [1.29, 1.82) is 0 Å². The maximum atomic E-state index is 12.3. The molecule has 1 heterocycles. The van der Waals surface area contributed by atoms with E-state index in [2.05, 4.69) is 30.4 Å². The molecule has 2 rings (SSSR count). The van der Waals surface area contributed by atoms with E-state index < -0.39 is 10.0 Å². The first-order valence-corrected chi connectivity index (χ1v) is 9.68. The normalized spacial score (nSPS) is 17.3. The van der Waals surface area contributed by atoms with Gasteiger partial charge in [-0.05, 0) is 36.1 Å². The van der Waals surface area contributed by atoms with Crippen molar-refractivity contribution in [2.24, 2.45) is 0 Å². The number of nitrogens with zero attached hydrogens (tertiary/aromatic N) is 1. The highest BCUT2D eigenvalue weighted by Gasteiger charge is 2.17. The second-order valence-corrected chi connectivity index (χ2v) is 8.75. The summed E-state index contributed by atoms with van der Waals surface area (Å²) in [6.45, 7) is 11.1. The molecular formula is C17H28N2O3S. The van der Waals surface area contributed by atoms with E-state index >= 15 is 0 Å². The average Bonchev–Trinajstić information content (AvgIpc) is 2.52. The third kappa shape index (κ3) is 5.57. The highest BCUT2D eigenvalue weighted by Crippen LogP contribution is 2.23. The van der Waals surface area contributed by atoms with Gasteiger partial charge in [0, 0.05) is 19.6 Å². The third-order valence-corrected chi connectivity index (χ3v) is 5.55. The van der Waals surface area contributed by atoms with Crippen LogP contribution in [0, 0.1) is 0 Å². The van der Waals surface area contributed by atoms with Crippen LogP contribution in [-0.4, -0.2) is 52.7 Å². The fraction of sp³-hybridized carbons (Fsp3) is 0.647. The van der Waals surface area contributed by atoms with E-state index in [1.165, 1.54) is 0 Å². The first kappa shape index (κ1) is 18.4. The van der Waals surface area contributed by atoms with Crippen molar-refractivity contribution in [2.45, 2.75) is 37.5 Å². The predicted octanol–water partition coefficient (Wildman–Crippen LogP) is 1.98. The number of hydrogen-bond acceptors (Lipinski definition) is 4. The van der Waals surface area contributed by atoms with Crippen molar-refractivity contribution in [3.63, 3.8) is 0 Å². The molecule has 0 atom stereocenters. The Morgan fingerprint density at radius 1 is 1.13 bits per heavy atom. The summed E-state index contributed by atoms with van der Waals surface area (Å²) >= 11 is 0. The van der Waals surface area contributed by atoms with Crippen molar-refractivity contribution < 1.29 is 13.2 Å². The zero-order chi connectivity index (χ0) is 16.9. The van der Waals surface area contributed by atoms with Crippen molar-refractivity contribution in [2.75, 3.05) is 39.4 Å². The second kappa shape index (κ2) is 7.75. The molecular weight excluding hydrogens is 312 g/mol. The van der Waals surface area contributed by atoms with E-state index in [0.29, 0.717) is 11.4 Å². The van der Waals surface area contributed by atoms with Crippen molar-refractivity contribution in [1.82, 2.24) is 9.62 Å². The zero-order valence-electron chi connectivity index (χ0n) is 14.3. The summed E-state index contributed by atoms with van der Waals surface area (Å²) in [4.78, 5) is 2.63. The van der Waals surface area contributed by atoms with E-state index in [1.807, 2.05) is 12.1 Å². The highest BCUT2D eigenvalue weighted by atomic mass is 32.2. The van der Waals surface area contributed by atoms with Crippen LogP contribution >= 0.6 is 0 Å². The molecule has 1 aromatic carbocycles. The summed E-state index contributed by atoms with van der Waals surface area (Å²) in [5.41, 5.74) is 1.15. The highest BCUT2D eigenvalue weighted by molar-refractivity contribution is 7.89. The Hall–Kier alpha value is -0.950. The molecule has 5 nitrogen and oxygen atoms in total. The molecule has 23 heavy (non-hydrogen) atoms. The summed E-state index contributed by atoms with van der Waals surface area (Å²) in [6, 6.07) is 7.15. The summed E-state index contributed by atoms with van der Waals surface area (Å²) in [7, 11) is -3.42. The summed E-state index contributed by atoms with van der Waals surface area (Å²) in [6.07, 6.45) is 0.805. The number of morpholine rings is 1. The number of rotatable bonds is 6. The van der Waals surface area contributed by atoms with Crippen LogP contribution in [-0.2, 0) is 20.2 Å². The van der Waals surface area contributed by atoms with Crippen molar-refractivity contribution in [3.05, 3.63) is 29.8 Å². The van der Waals surface area contributed by atoms with Gasteiger partial charge in [0.05, 0.1) is 18.1 Å². The fourth-order valence-corrected chi connectivity index (χ4v) is 3.63. The van der Waals surface area contributed by atoms with Gasteiger partial charge in [0.2, 0.25) is 10.0 Å². The summed E-state index contributed by atoms with van der Waals surface area (Å²) < 4.78 is 32.6. The monoisotopic (exact) mass is 340 g/mol. The maximum Gasteiger partial charge on any atom is 0.240 e. The van der Waals surface area contributed by atoms with Gasteiger partial charge in [-0.2, -0.15) is 0 Å². The van der Waals surface area contributed by atoms with Gasteiger partial charge in [-0.15, -0.1) is 0 Å². The molecule has 0 amide bonds. The number of benzene rings is 1. The number of nitrogens with one attached hydrogen (secondary N) is 1. The van der Waals surface area contributed by atoms with E-state index in [4.69, 9.17) is 4.74 Å². The van der Waals surface area contributed by atoms with Crippen molar-refractivity contribution >= 4 is 10.0 Å². The Morgan fingerprint density at radius 2 is 1.74 bits per heavy atom. The Bertz CT molecular complexity index is 585. The van der Waals surface area contributed by atoms with Gasteiger partial charge in [0.1, 0.15) is 0 Å². The van der Waals surface area contributed by atoms with Crippen LogP contribution < -0.4 is 4.72 Å². The zero-order valence-corrected chi connectivity index (χ0v) is 15.2. The molecule has 1 N–H and O–H groups in total. The van der Waals surface area contributed by atoms with Gasteiger partial charge in [-0.3, -0.25) is 4.90 Å². The summed E-state index contributed by atoms with van der Waals surface area (Å²) in [5, 5.41) is 0. The van der Waals surface area contributed by atoms with Crippen LogP contribution in [0.25, 0.3) is 0 Å². The van der Waals surface area contributed by atoms with E-state index in [1.54, 1.807) is 12.1 Å². The van der Waals surface area contributed by atoms with Gasteiger partial charge in [0.15, 0.2) is 0 Å². The molecule has 130 valence electrons. The maximum absolute atomic E-state index is 12.3. The average molecular weight is 340 g/mol. The van der Waals surface area contributed by atoms with Crippen LogP contribution in [0.3, 0.4) is 0 Å². The quantitative estimate of drug-likeness (QED) is 0.805. The van der Waals surface area contributed by atoms with E-state index in [-0.39, 0.29) is 5.41 Å². The Labute approximate surface area is 140 Å². The molecule has 1 fully saturated rings. The van der Waals surface area contributed by atoms with Crippen LogP contribution in [0.2, 0.25) is 0 Å². The third-order valence-electron chi connectivity index (χ3n) is 4.08. The van der Waals surface area contributed by atoms with Crippen LogP contribution in [0.4, 0.5) is 0 Å². The minimum absolute atomic E-state index is 0.0217. The molecule has 0 aromatic heterocycles. The lowest BCUT2D eigenvalue weighted by atomic mass is 9.87. The molecule has 0 saturated carbocycles. The van der Waals surface area contributed by atoms with Gasteiger partial charge in [0.25, 0.3) is 0 Å². The molecule has 0 bridgehead atoms. The molecule has 0 aliphatic carbocycles. The minimum Gasteiger partial charge on any atom is -0.379 e. The molecule has 1 saturated heterocycles. The van der Waals surface area contributed by atoms with Crippen LogP contribution in [0.15, 0.2) is 29.2 Å². The van der Waals surface area contributed by atoms with Crippen molar-refractivity contribution in [3.8, 4) is 0 Å². The SMILES string of the molecule is CC(C)(C)c1ccc(S(=O)(=O)NCCCN2CCOCC2)cc1. The molecule has 1 aliphatic heterocycles. The second-order valence-electron chi connectivity index (χ2n) is 6.98. The van der Waals surface area contributed by atoms with E-state index in [9.17, 15) is 8.42 Å². The number of ether oxygens (including phenoxy) is 1. The molecule has 0 unspecified atom stereocenters. The van der Waals surface area contributed by atoms with Gasteiger partial charge in [-0.1, -0.05) is 32.9 Å². The fourth-order valence-electron chi connectivity index (χ4n) is 2.55. The van der Waals surface area contributed by atoms with Gasteiger partial charge >= 0.3 is 0 Å². The number of sulfonamides is 1. The molecule has 0 spiro atoms. The van der Waals surface area contributed by atoms with Gasteiger partial charge in [-0.25, -0.2) is 13.1 Å². The van der Waals surface area contributed by atoms with Gasteiger partial charge < -0.3 is 4.74 Å². The van der Waals surface area contributed by atoms with Crippen LogP contribution in [0.1, 0.15) is 32.8 Å². The first-order chi connectivity index (χ1) is 10.8.